The first-order chi connectivity index (χ1) is 6.87. The monoisotopic (exact) mass is 230 g/mol. The molecule has 0 aliphatic rings. The van der Waals surface area contributed by atoms with Gasteiger partial charge in [-0.25, -0.2) is 13.4 Å². The van der Waals surface area contributed by atoms with Crippen LogP contribution < -0.4 is 11.1 Å². The molecule has 6 nitrogen and oxygen atoms in total. The molecule has 0 amide bonds. The average Bonchev–Trinajstić information content (AvgIpc) is 1.99. The largest absolute Gasteiger partial charge is 0.384 e. The number of sulfone groups is 1. The molecule has 7 heteroatoms. The van der Waals surface area contributed by atoms with Crippen molar-refractivity contribution in [1.29, 1.82) is 0 Å². The summed E-state index contributed by atoms with van der Waals surface area (Å²) < 4.78 is 22.0. The van der Waals surface area contributed by atoms with Gasteiger partial charge in [-0.2, -0.15) is 4.98 Å². The highest BCUT2D eigenvalue weighted by Gasteiger charge is 2.11. The smallest absolute Gasteiger partial charge is 0.224 e. The van der Waals surface area contributed by atoms with E-state index in [1.165, 1.54) is 12.5 Å². The summed E-state index contributed by atoms with van der Waals surface area (Å²) in [5, 5.41) is 2.86. The van der Waals surface area contributed by atoms with Gasteiger partial charge in [-0.3, -0.25) is 0 Å². The van der Waals surface area contributed by atoms with Gasteiger partial charge in [-0.1, -0.05) is 0 Å². The third-order valence-electron chi connectivity index (χ3n) is 1.61. The van der Waals surface area contributed by atoms with E-state index in [9.17, 15) is 8.42 Å². The zero-order valence-corrected chi connectivity index (χ0v) is 9.45. The molecular weight excluding hydrogens is 216 g/mol. The Balaban J connectivity index is 2.63. The molecule has 0 aliphatic carbocycles. The molecule has 1 unspecified atom stereocenters. The average molecular weight is 230 g/mol. The van der Waals surface area contributed by atoms with Crippen LogP contribution in [0.2, 0.25) is 0 Å². The summed E-state index contributed by atoms with van der Waals surface area (Å²) in [6.45, 7) is 1.74. The molecule has 1 rings (SSSR count). The molecule has 3 N–H and O–H groups in total. The minimum absolute atomic E-state index is 0.0329. The van der Waals surface area contributed by atoms with Crippen molar-refractivity contribution in [2.45, 2.75) is 13.0 Å². The lowest BCUT2D eigenvalue weighted by Gasteiger charge is -2.12. The van der Waals surface area contributed by atoms with E-state index in [0.29, 0.717) is 11.8 Å². The fourth-order valence-corrected chi connectivity index (χ4v) is 2.15. The molecule has 0 bridgehead atoms. The Bertz CT molecular complexity index is 432. The van der Waals surface area contributed by atoms with Gasteiger partial charge in [0.05, 0.1) is 5.75 Å². The number of anilines is 2. The van der Waals surface area contributed by atoms with Gasteiger partial charge in [-0.15, -0.1) is 0 Å². The van der Waals surface area contributed by atoms with Crippen molar-refractivity contribution in [2.75, 3.05) is 23.1 Å². The van der Waals surface area contributed by atoms with Crippen LogP contribution in [0.25, 0.3) is 0 Å². The van der Waals surface area contributed by atoms with Crippen molar-refractivity contribution in [3.63, 3.8) is 0 Å². The molecule has 0 aliphatic heterocycles. The number of nitrogens with two attached hydrogens (primary N) is 1. The molecule has 0 saturated carbocycles. The highest BCUT2D eigenvalue weighted by Crippen LogP contribution is 2.04. The van der Waals surface area contributed by atoms with Crippen LogP contribution in [0, 0.1) is 0 Å². The lowest BCUT2D eigenvalue weighted by molar-refractivity contribution is 0.597. The lowest BCUT2D eigenvalue weighted by atomic mass is 10.4. The number of hydrogen-bond acceptors (Lipinski definition) is 6. The minimum atomic E-state index is -3.00. The minimum Gasteiger partial charge on any atom is -0.384 e. The summed E-state index contributed by atoms with van der Waals surface area (Å²) in [5.41, 5.74) is 5.45. The van der Waals surface area contributed by atoms with Crippen LogP contribution in [0.1, 0.15) is 6.92 Å². The molecule has 0 saturated heterocycles. The van der Waals surface area contributed by atoms with Crippen molar-refractivity contribution < 1.29 is 8.42 Å². The van der Waals surface area contributed by atoms with Gasteiger partial charge in [0.1, 0.15) is 15.7 Å². The Labute approximate surface area is 88.8 Å². The first-order valence-electron chi connectivity index (χ1n) is 4.39. The maximum Gasteiger partial charge on any atom is 0.224 e. The SMILES string of the molecule is CC(CS(C)(=O)=O)Nc1nccc(N)n1. The van der Waals surface area contributed by atoms with Gasteiger partial charge < -0.3 is 11.1 Å². The summed E-state index contributed by atoms with van der Waals surface area (Å²) in [6, 6.07) is 1.31. The lowest BCUT2D eigenvalue weighted by Crippen LogP contribution is -2.26. The van der Waals surface area contributed by atoms with Gasteiger partial charge in [0.15, 0.2) is 0 Å². The summed E-state index contributed by atoms with van der Waals surface area (Å²) >= 11 is 0. The van der Waals surface area contributed by atoms with Crippen molar-refractivity contribution in [2.24, 2.45) is 0 Å². The Morgan fingerprint density at radius 3 is 2.80 bits per heavy atom. The van der Waals surface area contributed by atoms with Gasteiger partial charge in [0.25, 0.3) is 0 Å². The molecule has 1 heterocycles. The van der Waals surface area contributed by atoms with Crippen molar-refractivity contribution >= 4 is 21.6 Å². The molecule has 0 radical (unpaired) electrons. The van der Waals surface area contributed by atoms with Crippen LogP contribution in [-0.4, -0.2) is 36.4 Å². The second kappa shape index (κ2) is 4.43. The van der Waals surface area contributed by atoms with E-state index < -0.39 is 9.84 Å². The van der Waals surface area contributed by atoms with E-state index in [-0.39, 0.29) is 11.8 Å². The third kappa shape index (κ3) is 4.59. The molecular formula is C8H14N4O2S. The summed E-state index contributed by atoms with van der Waals surface area (Å²) in [5.74, 6) is 0.718. The molecule has 84 valence electrons. The van der Waals surface area contributed by atoms with Crippen LogP contribution in [0.3, 0.4) is 0 Å². The van der Waals surface area contributed by atoms with Gasteiger partial charge in [0.2, 0.25) is 5.95 Å². The highest BCUT2D eigenvalue weighted by molar-refractivity contribution is 7.90. The summed E-state index contributed by atoms with van der Waals surface area (Å²) in [4.78, 5) is 7.82. The fraction of sp³-hybridized carbons (Fsp3) is 0.500. The van der Waals surface area contributed by atoms with E-state index in [0.717, 1.165) is 0 Å². The normalized spacial score (nSPS) is 13.5. The van der Waals surface area contributed by atoms with Crippen molar-refractivity contribution in [3.05, 3.63) is 12.3 Å². The van der Waals surface area contributed by atoms with Crippen LogP contribution in [0.4, 0.5) is 11.8 Å². The predicted octanol–water partition coefficient (Wildman–Crippen LogP) is -0.0962. The van der Waals surface area contributed by atoms with Gasteiger partial charge in [0, 0.05) is 18.5 Å². The van der Waals surface area contributed by atoms with Crippen LogP contribution in [-0.2, 0) is 9.84 Å². The van der Waals surface area contributed by atoms with E-state index >= 15 is 0 Å². The second-order valence-corrected chi connectivity index (χ2v) is 5.63. The number of nitrogens with one attached hydrogen (secondary N) is 1. The maximum absolute atomic E-state index is 11.0. The third-order valence-corrected chi connectivity index (χ3v) is 2.71. The summed E-state index contributed by atoms with van der Waals surface area (Å²) in [6.07, 6.45) is 2.70. The topological polar surface area (TPSA) is 98.0 Å². The van der Waals surface area contributed by atoms with E-state index in [1.807, 2.05) is 0 Å². The Morgan fingerprint density at radius 2 is 2.27 bits per heavy atom. The molecule has 1 aromatic heterocycles. The quantitative estimate of drug-likeness (QED) is 0.749. The van der Waals surface area contributed by atoms with Crippen LogP contribution >= 0.6 is 0 Å². The Hall–Kier alpha value is -1.37. The molecule has 0 fully saturated rings. The molecule has 15 heavy (non-hydrogen) atoms. The van der Waals surface area contributed by atoms with Crippen molar-refractivity contribution in [3.8, 4) is 0 Å². The zero-order valence-electron chi connectivity index (χ0n) is 8.64. The molecule has 1 aromatic rings. The van der Waals surface area contributed by atoms with Gasteiger partial charge in [-0.05, 0) is 13.0 Å². The zero-order chi connectivity index (χ0) is 11.5. The number of aromatic nitrogens is 2. The van der Waals surface area contributed by atoms with Crippen molar-refractivity contribution in [1.82, 2.24) is 9.97 Å². The van der Waals surface area contributed by atoms with E-state index in [2.05, 4.69) is 15.3 Å². The Kier molecular flexibility index (Phi) is 3.46. The molecule has 0 spiro atoms. The van der Waals surface area contributed by atoms with E-state index in [4.69, 9.17) is 5.73 Å². The maximum atomic E-state index is 11.0. The van der Waals surface area contributed by atoms with Crippen LogP contribution in [0.15, 0.2) is 12.3 Å². The highest BCUT2D eigenvalue weighted by atomic mass is 32.2. The second-order valence-electron chi connectivity index (χ2n) is 3.44. The number of rotatable bonds is 4. The number of nitrogens with zero attached hydrogens (tertiary/aromatic N) is 2. The van der Waals surface area contributed by atoms with Gasteiger partial charge >= 0.3 is 0 Å². The fourth-order valence-electron chi connectivity index (χ4n) is 1.16. The first-order valence-corrected chi connectivity index (χ1v) is 6.45. The predicted molar refractivity (Wildman–Crippen MR) is 59.2 cm³/mol. The van der Waals surface area contributed by atoms with E-state index in [1.54, 1.807) is 13.0 Å². The Morgan fingerprint density at radius 1 is 1.60 bits per heavy atom. The first kappa shape index (κ1) is 11.7. The summed E-state index contributed by atoms with van der Waals surface area (Å²) in [7, 11) is -3.00. The van der Waals surface area contributed by atoms with Crippen LogP contribution in [0.5, 0.6) is 0 Å². The number of hydrogen-bond donors (Lipinski definition) is 2. The molecule has 0 aromatic carbocycles. The number of nitrogen functional groups attached to an aromatic ring is 1. The standard InChI is InChI=1S/C8H14N4O2S/c1-6(5-15(2,13)14)11-8-10-4-3-7(9)12-8/h3-4,6H,5H2,1-2H3,(H3,9,10,11,12). The molecule has 1 atom stereocenters.